The summed E-state index contributed by atoms with van der Waals surface area (Å²) in [5.74, 6) is 1.07. The van der Waals surface area contributed by atoms with Gasteiger partial charge in [0.15, 0.2) is 5.82 Å². The molecule has 33 heavy (non-hydrogen) atoms. The zero-order valence-corrected chi connectivity index (χ0v) is 20.2. The molecule has 1 aliphatic rings. The van der Waals surface area contributed by atoms with E-state index in [-0.39, 0.29) is 17.8 Å². The minimum Gasteiger partial charge on any atom is -0.507 e. The smallest absolute Gasteiger partial charge is 0.307 e. The minimum atomic E-state index is -0.153. The monoisotopic (exact) mass is 455 g/mol. The lowest BCUT2D eigenvalue weighted by Crippen LogP contribution is -2.43. The van der Waals surface area contributed by atoms with Crippen LogP contribution in [0.25, 0.3) is 11.3 Å². The maximum absolute atomic E-state index is 11.7. The highest BCUT2D eigenvalue weighted by molar-refractivity contribution is 5.72. The molecule has 0 saturated carbocycles. The number of aromatic hydroxyl groups is 1. The molecule has 180 valence electrons. The van der Waals surface area contributed by atoms with E-state index in [1.165, 1.54) is 0 Å². The van der Waals surface area contributed by atoms with E-state index in [0.717, 1.165) is 42.6 Å². The Balaban J connectivity index is 1.74. The summed E-state index contributed by atoms with van der Waals surface area (Å²) in [6.45, 7) is 11.2. The number of anilines is 1. The van der Waals surface area contributed by atoms with E-state index in [4.69, 9.17) is 10.5 Å². The second kappa shape index (κ2) is 11.4. The molecule has 1 fully saturated rings. The lowest BCUT2D eigenvalue weighted by molar-refractivity contribution is -0.143. The van der Waals surface area contributed by atoms with Crippen molar-refractivity contribution in [1.29, 1.82) is 0 Å². The first-order chi connectivity index (χ1) is 15.8. The van der Waals surface area contributed by atoms with Gasteiger partial charge in [0.1, 0.15) is 11.4 Å². The van der Waals surface area contributed by atoms with Crippen LogP contribution in [0.15, 0.2) is 18.2 Å². The maximum atomic E-state index is 11.7. The van der Waals surface area contributed by atoms with Crippen molar-refractivity contribution in [3.05, 3.63) is 34.9 Å². The van der Waals surface area contributed by atoms with Crippen LogP contribution < -0.4 is 11.1 Å². The highest BCUT2D eigenvalue weighted by Gasteiger charge is 2.23. The van der Waals surface area contributed by atoms with Crippen molar-refractivity contribution in [2.24, 2.45) is 5.73 Å². The number of ether oxygens (including phenoxy) is 1. The normalized spacial score (nSPS) is 16.7. The molecule has 8 heteroatoms. The van der Waals surface area contributed by atoms with E-state index in [1.807, 2.05) is 26.0 Å². The summed E-state index contributed by atoms with van der Waals surface area (Å²) in [5, 5.41) is 23.1. The van der Waals surface area contributed by atoms with Crippen LogP contribution in [0.5, 0.6) is 5.75 Å². The SMILES string of the molecule is CCOC(=O)CCN1CCC[C@@H](Nc2nnc(-c3ccc(C(C)C)cc3O)c(C)c2CN)C1. The molecule has 0 radical (unpaired) electrons. The van der Waals surface area contributed by atoms with Gasteiger partial charge in [0.25, 0.3) is 0 Å². The van der Waals surface area contributed by atoms with Gasteiger partial charge in [0.05, 0.1) is 13.0 Å². The summed E-state index contributed by atoms with van der Waals surface area (Å²) in [4.78, 5) is 14.0. The van der Waals surface area contributed by atoms with Gasteiger partial charge in [-0.05, 0) is 62.4 Å². The molecular formula is C25H37N5O3. The number of hydrogen-bond donors (Lipinski definition) is 3. The molecule has 0 aliphatic carbocycles. The first kappa shape index (κ1) is 24.9. The molecule has 0 amide bonds. The molecule has 1 aromatic heterocycles. The van der Waals surface area contributed by atoms with E-state index >= 15 is 0 Å². The van der Waals surface area contributed by atoms with E-state index in [2.05, 4.69) is 34.3 Å². The highest BCUT2D eigenvalue weighted by atomic mass is 16.5. The van der Waals surface area contributed by atoms with Crippen LogP contribution in [0.2, 0.25) is 0 Å². The van der Waals surface area contributed by atoms with Gasteiger partial charge in [0.2, 0.25) is 0 Å². The molecule has 3 rings (SSSR count). The van der Waals surface area contributed by atoms with Crippen molar-refractivity contribution in [1.82, 2.24) is 15.1 Å². The van der Waals surface area contributed by atoms with Gasteiger partial charge in [-0.2, -0.15) is 0 Å². The van der Waals surface area contributed by atoms with Gasteiger partial charge in [0, 0.05) is 36.8 Å². The standard InChI is InChI=1S/C25H37N5O3/c1-5-33-23(32)10-12-30-11-6-7-19(15-30)27-25-21(14-26)17(4)24(28-29-25)20-9-8-18(16(2)3)13-22(20)31/h8-9,13,16,19,31H,5-7,10-12,14-15,26H2,1-4H3,(H,27,29)/t19-/m1/s1. The van der Waals surface area contributed by atoms with Gasteiger partial charge in [-0.1, -0.05) is 19.9 Å². The number of esters is 1. The first-order valence-corrected chi connectivity index (χ1v) is 11.9. The molecule has 2 aromatic rings. The number of rotatable bonds is 9. The van der Waals surface area contributed by atoms with Crippen LogP contribution in [-0.4, -0.2) is 58.5 Å². The van der Waals surface area contributed by atoms with Crippen molar-refractivity contribution in [2.45, 2.75) is 65.5 Å². The fourth-order valence-electron chi connectivity index (χ4n) is 4.34. The molecule has 4 N–H and O–H groups in total. The Morgan fingerprint density at radius 3 is 2.82 bits per heavy atom. The molecule has 0 spiro atoms. The Labute approximate surface area is 196 Å². The van der Waals surface area contributed by atoms with Gasteiger partial charge in [-0.15, -0.1) is 10.2 Å². The fourth-order valence-corrected chi connectivity index (χ4v) is 4.34. The Hall–Kier alpha value is -2.71. The fraction of sp³-hybridized carbons (Fsp3) is 0.560. The van der Waals surface area contributed by atoms with Gasteiger partial charge < -0.3 is 25.8 Å². The largest absolute Gasteiger partial charge is 0.507 e. The predicted molar refractivity (Wildman–Crippen MR) is 130 cm³/mol. The predicted octanol–water partition coefficient (Wildman–Crippen LogP) is 3.57. The summed E-state index contributed by atoms with van der Waals surface area (Å²) in [5.41, 5.74) is 10.3. The second-order valence-electron chi connectivity index (χ2n) is 8.98. The topological polar surface area (TPSA) is 114 Å². The molecule has 1 saturated heterocycles. The lowest BCUT2D eigenvalue weighted by Gasteiger charge is -2.33. The zero-order valence-electron chi connectivity index (χ0n) is 20.2. The molecule has 1 aliphatic heterocycles. The van der Waals surface area contributed by atoms with Gasteiger partial charge in [-0.3, -0.25) is 4.79 Å². The zero-order chi connectivity index (χ0) is 24.0. The summed E-state index contributed by atoms with van der Waals surface area (Å²) in [6, 6.07) is 5.91. The molecular weight excluding hydrogens is 418 g/mol. The van der Waals surface area contributed by atoms with E-state index in [1.54, 1.807) is 6.07 Å². The van der Waals surface area contributed by atoms with E-state index in [0.29, 0.717) is 49.1 Å². The third-order valence-corrected chi connectivity index (χ3v) is 6.28. The molecule has 1 atom stereocenters. The summed E-state index contributed by atoms with van der Waals surface area (Å²) >= 11 is 0. The number of aromatic nitrogens is 2. The molecule has 8 nitrogen and oxygen atoms in total. The second-order valence-corrected chi connectivity index (χ2v) is 8.98. The molecule has 0 bridgehead atoms. The number of nitrogens with one attached hydrogen (secondary N) is 1. The number of phenolic OH excluding ortho intramolecular Hbond substituents is 1. The quantitative estimate of drug-likeness (QED) is 0.492. The Bertz CT molecular complexity index is 963. The summed E-state index contributed by atoms with van der Waals surface area (Å²) in [7, 11) is 0. The van der Waals surface area contributed by atoms with E-state index in [9.17, 15) is 9.90 Å². The summed E-state index contributed by atoms with van der Waals surface area (Å²) in [6.07, 6.45) is 2.46. The number of phenols is 1. The van der Waals surface area contributed by atoms with Crippen LogP contribution in [0.3, 0.4) is 0 Å². The third-order valence-electron chi connectivity index (χ3n) is 6.28. The van der Waals surface area contributed by atoms with Crippen molar-refractivity contribution in [3.8, 4) is 17.0 Å². The average molecular weight is 456 g/mol. The Morgan fingerprint density at radius 1 is 1.36 bits per heavy atom. The number of nitrogens with zero attached hydrogens (tertiary/aromatic N) is 3. The summed E-state index contributed by atoms with van der Waals surface area (Å²) < 4.78 is 5.04. The van der Waals surface area contributed by atoms with Gasteiger partial charge >= 0.3 is 5.97 Å². The van der Waals surface area contributed by atoms with Crippen molar-refractivity contribution >= 4 is 11.8 Å². The number of nitrogens with two attached hydrogens (primary N) is 1. The Morgan fingerprint density at radius 2 is 2.15 bits per heavy atom. The van der Waals surface area contributed by atoms with Crippen molar-refractivity contribution < 1.29 is 14.6 Å². The number of likely N-dealkylation sites (tertiary alicyclic amines) is 1. The van der Waals surface area contributed by atoms with Crippen LogP contribution >= 0.6 is 0 Å². The number of hydrogen-bond acceptors (Lipinski definition) is 8. The highest BCUT2D eigenvalue weighted by Crippen LogP contribution is 2.34. The van der Waals surface area contributed by atoms with Crippen LogP contribution in [0.4, 0.5) is 5.82 Å². The Kier molecular flexibility index (Phi) is 8.63. The van der Waals surface area contributed by atoms with Gasteiger partial charge in [-0.25, -0.2) is 0 Å². The number of carbonyl (C=O) groups excluding carboxylic acids is 1. The molecule has 2 heterocycles. The maximum Gasteiger partial charge on any atom is 0.307 e. The number of carbonyl (C=O) groups is 1. The number of benzene rings is 1. The van der Waals surface area contributed by atoms with Crippen LogP contribution in [-0.2, 0) is 16.1 Å². The lowest BCUT2D eigenvalue weighted by atomic mass is 9.97. The average Bonchev–Trinajstić information content (AvgIpc) is 2.79. The third kappa shape index (κ3) is 6.21. The van der Waals surface area contributed by atoms with Crippen molar-refractivity contribution in [3.63, 3.8) is 0 Å². The van der Waals surface area contributed by atoms with Crippen molar-refractivity contribution in [2.75, 3.05) is 31.6 Å². The van der Waals surface area contributed by atoms with Crippen LogP contribution in [0, 0.1) is 6.92 Å². The van der Waals surface area contributed by atoms with Crippen LogP contribution in [0.1, 0.15) is 62.6 Å². The molecule has 0 unspecified atom stereocenters. The molecule has 1 aromatic carbocycles. The number of piperidine rings is 1. The van der Waals surface area contributed by atoms with E-state index < -0.39 is 0 Å². The minimum absolute atomic E-state index is 0.153. The first-order valence-electron chi connectivity index (χ1n) is 11.9.